The molecule has 1 rings (SSSR count). The van der Waals surface area contributed by atoms with E-state index in [9.17, 15) is 9.00 Å². The zero-order valence-electron chi connectivity index (χ0n) is 9.46. The van der Waals surface area contributed by atoms with Gasteiger partial charge in [-0.25, -0.2) is 14.8 Å². The monoisotopic (exact) mass is 258 g/mol. The Hall–Kier alpha value is -1.34. The topological polar surface area (TPSA) is 89.4 Å². The number of carboxylic acid groups (broad SMARTS) is 1. The van der Waals surface area contributed by atoms with Gasteiger partial charge in [0.25, 0.3) is 0 Å². The van der Waals surface area contributed by atoms with Gasteiger partial charge in [-0.15, -0.1) is 0 Å². The van der Waals surface area contributed by atoms with Crippen LogP contribution < -0.4 is 0 Å². The maximum atomic E-state index is 11.7. The SMILES string of the molecule is COCCCS(=O)Cc1ncncc1C(=O)O. The van der Waals surface area contributed by atoms with Crippen LogP contribution in [-0.4, -0.2) is 44.7 Å². The number of ether oxygens (including phenoxy) is 1. The molecule has 6 nitrogen and oxygen atoms in total. The number of nitrogens with zero attached hydrogens (tertiary/aromatic N) is 2. The Morgan fingerprint density at radius 1 is 1.59 bits per heavy atom. The largest absolute Gasteiger partial charge is 0.478 e. The highest BCUT2D eigenvalue weighted by Gasteiger charge is 2.13. The number of methoxy groups -OCH3 is 1. The van der Waals surface area contributed by atoms with Crippen LogP contribution in [0.4, 0.5) is 0 Å². The first kappa shape index (κ1) is 13.7. The van der Waals surface area contributed by atoms with Gasteiger partial charge in [-0.1, -0.05) is 0 Å². The van der Waals surface area contributed by atoms with E-state index in [0.717, 1.165) is 0 Å². The second kappa shape index (κ2) is 7.08. The lowest BCUT2D eigenvalue weighted by molar-refractivity contribution is 0.0695. The molecule has 17 heavy (non-hydrogen) atoms. The van der Waals surface area contributed by atoms with E-state index >= 15 is 0 Å². The van der Waals surface area contributed by atoms with Gasteiger partial charge in [0.1, 0.15) is 11.9 Å². The molecule has 0 bridgehead atoms. The zero-order valence-corrected chi connectivity index (χ0v) is 10.3. The number of hydrogen-bond donors (Lipinski definition) is 1. The van der Waals surface area contributed by atoms with Crippen molar-refractivity contribution in [1.82, 2.24) is 9.97 Å². The molecule has 0 aliphatic carbocycles. The second-order valence-electron chi connectivity index (χ2n) is 3.32. The molecule has 0 amide bonds. The van der Waals surface area contributed by atoms with Crippen molar-refractivity contribution in [2.24, 2.45) is 0 Å². The second-order valence-corrected chi connectivity index (χ2v) is 4.90. The summed E-state index contributed by atoms with van der Waals surface area (Å²) in [6, 6.07) is 0. The highest BCUT2D eigenvalue weighted by Crippen LogP contribution is 2.07. The smallest absolute Gasteiger partial charge is 0.339 e. The molecule has 0 aromatic carbocycles. The van der Waals surface area contributed by atoms with E-state index in [-0.39, 0.29) is 11.3 Å². The molecule has 0 fully saturated rings. The first-order valence-electron chi connectivity index (χ1n) is 5.01. The number of aromatic carboxylic acids is 1. The maximum Gasteiger partial charge on any atom is 0.339 e. The van der Waals surface area contributed by atoms with Crippen molar-refractivity contribution >= 4 is 16.8 Å². The van der Waals surface area contributed by atoms with Gasteiger partial charge in [-0.3, -0.25) is 4.21 Å². The average molecular weight is 258 g/mol. The summed E-state index contributed by atoms with van der Waals surface area (Å²) in [6.45, 7) is 0.543. The molecule has 0 saturated heterocycles. The molecule has 1 aromatic rings. The summed E-state index contributed by atoms with van der Waals surface area (Å²) >= 11 is 0. The number of rotatable bonds is 7. The summed E-state index contributed by atoms with van der Waals surface area (Å²) in [5.74, 6) is -0.500. The predicted octanol–water partition coefficient (Wildman–Crippen LogP) is 0.460. The lowest BCUT2D eigenvalue weighted by Gasteiger charge is -2.04. The van der Waals surface area contributed by atoms with Crippen molar-refractivity contribution in [3.63, 3.8) is 0 Å². The Morgan fingerprint density at radius 3 is 3.00 bits per heavy atom. The number of carbonyl (C=O) groups is 1. The first-order chi connectivity index (χ1) is 8.15. The van der Waals surface area contributed by atoms with Gasteiger partial charge >= 0.3 is 5.97 Å². The van der Waals surface area contributed by atoms with Gasteiger partial charge in [0.05, 0.1) is 11.4 Å². The minimum atomic E-state index is -1.13. The lowest BCUT2D eigenvalue weighted by Crippen LogP contribution is -2.10. The Bertz CT molecular complexity index is 411. The van der Waals surface area contributed by atoms with Crippen LogP contribution in [0.3, 0.4) is 0 Å². The molecule has 0 spiro atoms. The molecular formula is C10H14N2O4S. The van der Waals surface area contributed by atoms with Crippen molar-refractivity contribution in [3.05, 3.63) is 23.8 Å². The molecule has 0 radical (unpaired) electrons. The fourth-order valence-corrected chi connectivity index (χ4v) is 2.36. The maximum absolute atomic E-state index is 11.7. The van der Waals surface area contributed by atoms with Crippen molar-refractivity contribution in [1.29, 1.82) is 0 Å². The van der Waals surface area contributed by atoms with E-state index in [0.29, 0.717) is 24.5 Å². The minimum absolute atomic E-state index is 0.00703. The fraction of sp³-hybridized carbons (Fsp3) is 0.500. The normalized spacial score (nSPS) is 12.3. The third-order valence-corrected chi connectivity index (χ3v) is 3.38. The van der Waals surface area contributed by atoms with Crippen molar-refractivity contribution < 1.29 is 18.8 Å². The number of carboxylic acids is 1. The van der Waals surface area contributed by atoms with Gasteiger partial charge in [0.15, 0.2) is 0 Å². The Kier molecular flexibility index (Phi) is 5.71. The number of aromatic nitrogens is 2. The van der Waals surface area contributed by atoms with Crippen molar-refractivity contribution in [2.75, 3.05) is 19.5 Å². The number of hydrogen-bond acceptors (Lipinski definition) is 5. The van der Waals surface area contributed by atoms with Crippen LogP contribution in [0, 0.1) is 0 Å². The van der Waals surface area contributed by atoms with E-state index in [1.807, 2.05) is 0 Å². The molecule has 1 aromatic heterocycles. The van der Waals surface area contributed by atoms with Gasteiger partial charge < -0.3 is 9.84 Å². The summed E-state index contributed by atoms with van der Waals surface area (Å²) in [7, 11) is 0.446. The molecular weight excluding hydrogens is 244 g/mol. The van der Waals surface area contributed by atoms with E-state index < -0.39 is 16.8 Å². The molecule has 1 unspecified atom stereocenters. The van der Waals surface area contributed by atoms with Crippen LogP contribution >= 0.6 is 0 Å². The minimum Gasteiger partial charge on any atom is -0.478 e. The molecule has 1 N–H and O–H groups in total. The van der Waals surface area contributed by atoms with Gasteiger partial charge in [-0.2, -0.15) is 0 Å². The van der Waals surface area contributed by atoms with Gasteiger partial charge in [0.2, 0.25) is 0 Å². The summed E-state index contributed by atoms with van der Waals surface area (Å²) in [5, 5.41) is 8.89. The summed E-state index contributed by atoms with van der Waals surface area (Å²) in [6.07, 6.45) is 3.15. The van der Waals surface area contributed by atoms with Crippen molar-refractivity contribution in [3.8, 4) is 0 Å². The quantitative estimate of drug-likeness (QED) is 0.715. The van der Waals surface area contributed by atoms with E-state index in [4.69, 9.17) is 9.84 Å². The Labute approximate surface area is 102 Å². The Balaban J connectivity index is 2.61. The van der Waals surface area contributed by atoms with E-state index in [2.05, 4.69) is 9.97 Å². The van der Waals surface area contributed by atoms with Crippen LogP contribution in [0.25, 0.3) is 0 Å². The zero-order chi connectivity index (χ0) is 12.7. The first-order valence-corrected chi connectivity index (χ1v) is 6.50. The van der Waals surface area contributed by atoms with Gasteiger partial charge in [-0.05, 0) is 6.42 Å². The summed E-state index contributed by atoms with van der Waals surface area (Å²) in [4.78, 5) is 18.4. The third-order valence-electron chi connectivity index (χ3n) is 2.04. The van der Waals surface area contributed by atoms with E-state index in [1.165, 1.54) is 12.5 Å². The van der Waals surface area contributed by atoms with Crippen LogP contribution in [0.15, 0.2) is 12.5 Å². The summed E-state index contributed by atoms with van der Waals surface area (Å²) in [5.41, 5.74) is 0.316. The van der Waals surface area contributed by atoms with Crippen LogP contribution in [0.5, 0.6) is 0 Å². The van der Waals surface area contributed by atoms with Crippen LogP contribution in [0.1, 0.15) is 22.5 Å². The molecule has 1 atom stereocenters. The molecule has 94 valence electrons. The average Bonchev–Trinajstić information content (AvgIpc) is 2.29. The van der Waals surface area contributed by atoms with Crippen LogP contribution in [-0.2, 0) is 21.3 Å². The van der Waals surface area contributed by atoms with Crippen molar-refractivity contribution in [2.45, 2.75) is 12.2 Å². The standard InChI is InChI=1S/C10H14N2O4S/c1-16-3-2-4-17(15)6-9-8(10(13)14)5-11-7-12-9/h5,7H,2-4,6H2,1H3,(H,13,14). The van der Waals surface area contributed by atoms with Crippen LogP contribution in [0.2, 0.25) is 0 Å². The lowest BCUT2D eigenvalue weighted by atomic mass is 10.2. The highest BCUT2D eigenvalue weighted by molar-refractivity contribution is 7.84. The predicted molar refractivity (Wildman–Crippen MR) is 62.2 cm³/mol. The molecule has 1 heterocycles. The van der Waals surface area contributed by atoms with Gasteiger partial charge in [0, 0.05) is 36.5 Å². The molecule has 0 aliphatic heterocycles. The third kappa shape index (κ3) is 4.58. The van der Waals surface area contributed by atoms with E-state index in [1.54, 1.807) is 7.11 Å². The fourth-order valence-electron chi connectivity index (χ4n) is 1.24. The molecule has 0 aliphatic rings. The summed E-state index contributed by atoms with van der Waals surface area (Å²) < 4.78 is 16.5. The molecule has 7 heteroatoms. The Morgan fingerprint density at radius 2 is 2.35 bits per heavy atom. The highest BCUT2D eigenvalue weighted by atomic mass is 32.2. The molecule has 0 saturated carbocycles.